The number of hydrogen-bond donors (Lipinski definition) is 1. The molecule has 1 atom stereocenters. The fourth-order valence-electron chi connectivity index (χ4n) is 2.56. The van der Waals surface area contributed by atoms with Gasteiger partial charge in [-0.2, -0.15) is 0 Å². The summed E-state index contributed by atoms with van der Waals surface area (Å²) < 4.78 is 7.47. The maximum absolute atomic E-state index is 12.3. The summed E-state index contributed by atoms with van der Waals surface area (Å²) in [5.41, 5.74) is 1.69. The first-order chi connectivity index (χ1) is 11.3. The van der Waals surface area contributed by atoms with Crippen LogP contribution in [0.2, 0.25) is 0 Å². The number of nitrogens with zero attached hydrogens (tertiary/aromatic N) is 3. The van der Waals surface area contributed by atoms with Crippen LogP contribution in [-0.2, 0) is 11.2 Å². The summed E-state index contributed by atoms with van der Waals surface area (Å²) in [6.45, 7) is 0. The van der Waals surface area contributed by atoms with E-state index in [9.17, 15) is 4.79 Å². The van der Waals surface area contributed by atoms with Crippen LogP contribution < -0.4 is 10.1 Å². The summed E-state index contributed by atoms with van der Waals surface area (Å²) in [5.74, 6) is 1.35. The topological polar surface area (TPSA) is 69.0 Å². The number of imidazole rings is 1. The highest BCUT2D eigenvalue weighted by Crippen LogP contribution is 2.28. The Morgan fingerprint density at radius 2 is 2.17 bits per heavy atom. The summed E-state index contributed by atoms with van der Waals surface area (Å²) in [5, 5.41) is 2.84. The standard InChI is InChI=1S/C17H14N4O2/c22-17(15-9-12-3-1-2-4-14(12)23-15)20-13-5-6-16(19-10-13)21-8-7-18-11-21/h1-8,10-11,15H,9H2,(H,20,22)/t15-/m0/s1. The maximum Gasteiger partial charge on any atom is 0.265 e. The number of rotatable bonds is 3. The first-order valence-electron chi connectivity index (χ1n) is 7.29. The maximum atomic E-state index is 12.3. The number of para-hydroxylation sites is 1. The highest BCUT2D eigenvalue weighted by atomic mass is 16.5. The van der Waals surface area contributed by atoms with Crippen molar-refractivity contribution in [3.05, 3.63) is 66.9 Å². The normalized spacial score (nSPS) is 15.7. The molecule has 0 bridgehead atoms. The Morgan fingerprint density at radius 1 is 1.26 bits per heavy atom. The van der Waals surface area contributed by atoms with Crippen LogP contribution in [0.5, 0.6) is 5.75 Å². The first kappa shape index (κ1) is 13.5. The predicted octanol–water partition coefficient (Wildman–Crippen LogP) is 2.21. The van der Waals surface area contributed by atoms with Crippen LogP contribution in [0.1, 0.15) is 5.56 Å². The second-order valence-electron chi connectivity index (χ2n) is 5.28. The number of benzene rings is 1. The van der Waals surface area contributed by atoms with Gasteiger partial charge in [0.1, 0.15) is 17.9 Å². The summed E-state index contributed by atoms with van der Waals surface area (Å²) in [7, 11) is 0. The van der Waals surface area contributed by atoms with Gasteiger partial charge in [-0.15, -0.1) is 0 Å². The van der Waals surface area contributed by atoms with Gasteiger partial charge in [-0.25, -0.2) is 9.97 Å². The van der Waals surface area contributed by atoms with Gasteiger partial charge in [-0.05, 0) is 23.8 Å². The van der Waals surface area contributed by atoms with Gasteiger partial charge in [0, 0.05) is 18.8 Å². The molecule has 1 aliphatic rings. The fourth-order valence-corrected chi connectivity index (χ4v) is 2.56. The average Bonchev–Trinajstić information content (AvgIpc) is 3.25. The molecule has 114 valence electrons. The molecule has 0 saturated carbocycles. The van der Waals surface area contributed by atoms with Gasteiger partial charge in [0.05, 0.1) is 11.9 Å². The Bertz CT molecular complexity index is 803. The molecule has 0 unspecified atom stereocenters. The third-order valence-corrected chi connectivity index (χ3v) is 3.72. The molecule has 1 amide bonds. The van der Waals surface area contributed by atoms with Crippen LogP contribution in [0.15, 0.2) is 61.3 Å². The summed E-state index contributed by atoms with van der Waals surface area (Å²) in [4.78, 5) is 20.6. The van der Waals surface area contributed by atoms with Crippen LogP contribution in [0, 0.1) is 0 Å². The number of nitrogens with one attached hydrogen (secondary N) is 1. The Hall–Kier alpha value is -3.15. The Morgan fingerprint density at radius 3 is 2.91 bits per heavy atom. The van der Waals surface area contributed by atoms with E-state index in [1.807, 2.05) is 42.6 Å². The molecule has 0 spiro atoms. The lowest BCUT2D eigenvalue weighted by molar-refractivity contribution is -0.122. The van der Waals surface area contributed by atoms with Crippen LogP contribution in [-0.4, -0.2) is 26.5 Å². The molecule has 23 heavy (non-hydrogen) atoms. The van der Waals surface area contributed by atoms with Crippen molar-refractivity contribution in [2.24, 2.45) is 0 Å². The lowest BCUT2D eigenvalue weighted by atomic mass is 10.1. The van der Waals surface area contributed by atoms with Gasteiger partial charge in [0.2, 0.25) is 0 Å². The number of ether oxygens (including phenoxy) is 1. The van der Waals surface area contributed by atoms with Crippen molar-refractivity contribution in [3.63, 3.8) is 0 Å². The van der Waals surface area contributed by atoms with Crippen LogP contribution >= 0.6 is 0 Å². The van der Waals surface area contributed by atoms with E-state index in [-0.39, 0.29) is 5.91 Å². The van der Waals surface area contributed by atoms with Gasteiger partial charge in [0.25, 0.3) is 5.91 Å². The monoisotopic (exact) mass is 306 g/mol. The number of hydrogen-bond acceptors (Lipinski definition) is 4. The molecular weight excluding hydrogens is 292 g/mol. The van der Waals surface area contributed by atoms with Crippen molar-refractivity contribution in [1.29, 1.82) is 0 Å². The van der Waals surface area contributed by atoms with Crippen molar-refractivity contribution in [1.82, 2.24) is 14.5 Å². The lowest BCUT2D eigenvalue weighted by Gasteiger charge is -2.11. The molecular formula is C17H14N4O2. The third kappa shape index (κ3) is 2.66. The quantitative estimate of drug-likeness (QED) is 0.805. The number of carbonyl (C=O) groups is 1. The Labute approximate surface area is 132 Å². The number of carbonyl (C=O) groups excluding carboxylic acids is 1. The number of amides is 1. The highest BCUT2D eigenvalue weighted by Gasteiger charge is 2.28. The van der Waals surface area contributed by atoms with E-state index in [2.05, 4.69) is 15.3 Å². The zero-order chi connectivity index (χ0) is 15.6. The van der Waals surface area contributed by atoms with E-state index in [4.69, 9.17) is 4.74 Å². The first-order valence-corrected chi connectivity index (χ1v) is 7.29. The molecule has 3 aromatic rings. The predicted molar refractivity (Wildman–Crippen MR) is 84.6 cm³/mol. The molecule has 4 rings (SSSR count). The SMILES string of the molecule is O=C(Nc1ccc(-n2ccnc2)nc1)[C@@H]1Cc2ccccc2O1. The van der Waals surface area contributed by atoms with Crippen LogP contribution in [0.3, 0.4) is 0 Å². The van der Waals surface area contributed by atoms with Crippen molar-refractivity contribution >= 4 is 11.6 Å². The Balaban J connectivity index is 1.44. The number of anilines is 1. The number of fused-ring (bicyclic) bond motifs is 1. The lowest BCUT2D eigenvalue weighted by Crippen LogP contribution is -2.31. The second kappa shape index (κ2) is 5.57. The van der Waals surface area contributed by atoms with Gasteiger partial charge >= 0.3 is 0 Å². The van der Waals surface area contributed by atoms with E-state index in [0.29, 0.717) is 12.1 Å². The van der Waals surface area contributed by atoms with E-state index in [1.54, 1.807) is 23.3 Å². The van der Waals surface area contributed by atoms with Gasteiger partial charge in [-0.1, -0.05) is 18.2 Å². The van der Waals surface area contributed by atoms with Crippen molar-refractivity contribution < 1.29 is 9.53 Å². The van der Waals surface area contributed by atoms with Crippen molar-refractivity contribution in [3.8, 4) is 11.6 Å². The summed E-state index contributed by atoms with van der Waals surface area (Å²) in [6, 6.07) is 11.3. The largest absolute Gasteiger partial charge is 0.480 e. The van der Waals surface area contributed by atoms with Crippen LogP contribution in [0.4, 0.5) is 5.69 Å². The van der Waals surface area contributed by atoms with Gasteiger partial charge < -0.3 is 10.1 Å². The Kier molecular flexibility index (Phi) is 3.27. The van der Waals surface area contributed by atoms with E-state index in [1.165, 1.54) is 0 Å². The zero-order valence-corrected chi connectivity index (χ0v) is 12.2. The average molecular weight is 306 g/mol. The minimum Gasteiger partial charge on any atom is -0.480 e. The zero-order valence-electron chi connectivity index (χ0n) is 12.2. The molecule has 0 aliphatic carbocycles. The summed E-state index contributed by atoms with van der Waals surface area (Å²) >= 11 is 0. The molecule has 0 fully saturated rings. The van der Waals surface area contributed by atoms with Gasteiger partial charge in [0.15, 0.2) is 6.10 Å². The summed E-state index contributed by atoms with van der Waals surface area (Å²) in [6.07, 6.45) is 6.87. The van der Waals surface area contributed by atoms with E-state index >= 15 is 0 Å². The molecule has 2 aromatic heterocycles. The minimum atomic E-state index is -0.499. The third-order valence-electron chi connectivity index (χ3n) is 3.72. The smallest absolute Gasteiger partial charge is 0.265 e. The van der Waals surface area contributed by atoms with E-state index < -0.39 is 6.10 Å². The molecule has 0 radical (unpaired) electrons. The molecule has 1 aromatic carbocycles. The molecule has 3 heterocycles. The van der Waals surface area contributed by atoms with Crippen molar-refractivity contribution in [2.75, 3.05) is 5.32 Å². The fraction of sp³-hybridized carbons (Fsp3) is 0.118. The van der Waals surface area contributed by atoms with Gasteiger partial charge in [-0.3, -0.25) is 9.36 Å². The second-order valence-corrected chi connectivity index (χ2v) is 5.28. The van der Waals surface area contributed by atoms with Crippen LogP contribution in [0.25, 0.3) is 5.82 Å². The molecule has 0 saturated heterocycles. The number of pyridine rings is 1. The molecule has 1 aliphatic heterocycles. The van der Waals surface area contributed by atoms with Crippen molar-refractivity contribution in [2.45, 2.75) is 12.5 Å². The minimum absolute atomic E-state index is 0.168. The number of aromatic nitrogens is 3. The van der Waals surface area contributed by atoms with E-state index in [0.717, 1.165) is 17.1 Å². The molecule has 1 N–H and O–H groups in total. The molecule has 6 heteroatoms. The highest BCUT2D eigenvalue weighted by molar-refractivity contribution is 5.95. The molecule has 6 nitrogen and oxygen atoms in total.